The Morgan fingerprint density at radius 3 is 2.59 bits per heavy atom. The molecule has 1 unspecified atom stereocenters. The van der Waals surface area contributed by atoms with E-state index >= 15 is 0 Å². The van der Waals surface area contributed by atoms with E-state index < -0.39 is 0 Å². The Morgan fingerprint density at radius 2 is 1.91 bits per heavy atom. The zero-order valence-corrected chi connectivity index (χ0v) is 13.1. The van der Waals surface area contributed by atoms with Crippen molar-refractivity contribution < 1.29 is 14.6 Å². The van der Waals surface area contributed by atoms with Crippen molar-refractivity contribution in [1.29, 1.82) is 0 Å². The van der Waals surface area contributed by atoms with Crippen LogP contribution in [0.3, 0.4) is 0 Å². The number of phenolic OH excluding ortho intramolecular Hbond substituents is 1. The number of phenols is 1. The van der Waals surface area contributed by atoms with Gasteiger partial charge in [-0.05, 0) is 49.2 Å². The molecule has 3 N–H and O–H groups in total. The van der Waals surface area contributed by atoms with Crippen molar-refractivity contribution >= 4 is 0 Å². The second-order valence-corrected chi connectivity index (χ2v) is 5.11. The number of hydrogen-bond acceptors (Lipinski definition) is 4. The number of aromatic hydroxyl groups is 1. The molecule has 0 heterocycles. The van der Waals surface area contributed by atoms with Gasteiger partial charge in [-0.3, -0.25) is 0 Å². The SMILES string of the molecule is CCOc1cc(CC(CN)c2ccccc2OC)ccc1O. The Bertz CT molecular complexity index is 613. The number of rotatable bonds is 7. The zero-order valence-electron chi connectivity index (χ0n) is 13.1. The third-order valence-electron chi connectivity index (χ3n) is 3.67. The van der Waals surface area contributed by atoms with Crippen LogP contribution in [0, 0.1) is 0 Å². The summed E-state index contributed by atoms with van der Waals surface area (Å²) in [4.78, 5) is 0. The number of para-hydroxylation sites is 1. The lowest BCUT2D eigenvalue weighted by Gasteiger charge is -2.19. The van der Waals surface area contributed by atoms with Gasteiger partial charge in [0.2, 0.25) is 0 Å². The highest BCUT2D eigenvalue weighted by atomic mass is 16.5. The normalized spacial score (nSPS) is 12.0. The van der Waals surface area contributed by atoms with Crippen LogP contribution in [-0.2, 0) is 6.42 Å². The van der Waals surface area contributed by atoms with E-state index in [0.29, 0.717) is 18.9 Å². The summed E-state index contributed by atoms with van der Waals surface area (Å²) in [5.41, 5.74) is 8.13. The smallest absolute Gasteiger partial charge is 0.161 e. The molecule has 0 saturated carbocycles. The van der Waals surface area contributed by atoms with Gasteiger partial charge in [0.05, 0.1) is 13.7 Å². The van der Waals surface area contributed by atoms with Crippen molar-refractivity contribution in [2.45, 2.75) is 19.3 Å². The zero-order chi connectivity index (χ0) is 15.9. The molecule has 0 amide bonds. The molecule has 0 aromatic heterocycles. The van der Waals surface area contributed by atoms with Gasteiger partial charge in [0.15, 0.2) is 11.5 Å². The molecule has 0 bridgehead atoms. The summed E-state index contributed by atoms with van der Waals surface area (Å²) in [6.45, 7) is 2.93. The highest BCUT2D eigenvalue weighted by Gasteiger charge is 2.16. The molecular formula is C18H23NO3. The molecule has 0 aliphatic heterocycles. The number of methoxy groups -OCH3 is 1. The molecule has 0 spiro atoms. The van der Waals surface area contributed by atoms with E-state index in [2.05, 4.69) is 0 Å². The van der Waals surface area contributed by atoms with Crippen molar-refractivity contribution in [2.24, 2.45) is 5.73 Å². The largest absolute Gasteiger partial charge is 0.504 e. The van der Waals surface area contributed by atoms with Crippen molar-refractivity contribution in [2.75, 3.05) is 20.3 Å². The van der Waals surface area contributed by atoms with Crippen LogP contribution in [0.1, 0.15) is 24.0 Å². The molecule has 2 aromatic rings. The van der Waals surface area contributed by atoms with E-state index in [1.54, 1.807) is 13.2 Å². The quantitative estimate of drug-likeness (QED) is 0.825. The van der Waals surface area contributed by atoms with Gasteiger partial charge >= 0.3 is 0 Å². The van der Waals surface area contributed by atoms with Gasteiger partial charge in [0.1, 0.15) is 5.75 Å². The minimum absolute atomic E-state index is 0.148. The lowest BCUT2D eigenvalue weighted by atomic mass is 9.91. The summed E-state index contributed by atoms with van der Waals surface area (Å²) in [7, 11) is 1.67. The van der Waals surface area contributed by atoms with E-state index in [-0.39, 0.29) is 11.7 Å². The first-order valence-electron chi connectivity index (χ1n) is 7.47. The van der Waals surface area contributed by atoms with Crippen LogP contribution < -0.4 is 15.2 Å². The van der Waals surface area contributed by atoms with Gasteiger partial charge in [-0.25, -0.2) is 0 Å². The molecule has 2 aromatic carbocycles. The van der Waals surface area contributed by atoms with E-state index in [9.17, 15) is 5.11 Å². The summed E-state index contributed by atoms with van der Waals surface area (Å²) in [6, 6.07) is 13.4. The highest BCUT2D eigenvalue weighted by molar-refractivity contribution is 5.43. The number of benzene rings is 2. The molecule has 0 radical (unpaired) electrons. The van der Waals surface area contributed by atoms with Gasteiger partial charge in [0.25, 0.3) is 0 Å². The topological polar surface area (TPSA) is 64.7 Å². The molecule has 2 rings (SSSR count). The number of hydrogen-bond donors (Lipinski definition) is 2. The monoisotopic (exact) mass is 301 g/mol. The van der Waals surface area contributed by atoms with E-state index in [4.69, 9.17) is 15.2 Å². The maximum absolute atomic E-state index is 9.79. The van der Waals surface area contributed by atoms with Crippen molar-refractivity contribution in [3.63, 3.8) is 0 Å². The molecule has 0 aliphatic rings. The molecule has 22 heavy (non-hydrogen) atoms. The van der Waals surface area contributed by atoms with Gasteiger partial charge in [0, 0.05) is 5.92 Å². The Kier molecular flexibility index (Phi) is 5.67. The summed E-state index contributed by atoms with van der Waals surface area (Å²) >= 11 is 0. The van der Waals surface area contributed by atoms with Crippen LogP contribution in [0.5, 0.6) is 17.2 Å². The first-order valence-corrected chi connectivity index (χ1v) is 7.47. The lowest BCUT2D eigenvalue weighted by molar-refractivity contribution is 0.317. The second kappa shape index (κ2) is 7.71. The van der Waals surface area contributed by atoms with Crippen LogP contribution in [0.25, 0.3) is 0 Å². The minimum Gasteiger partial charge on any atom is -0.504 e. The van der Waals surface area contributed by atoms with Crippen LogP contribution >= 0.6 is 0 Å². The van der Waals surface area contributed by atoms with Crippen molar-refractivity contribution in [3.8, 4) is 17.2 Å². The standard InChI is InChI=1S/C18H23NO3/c1-3-22-18-11-13(8-9-16(18)20)10-14(12-19)15-6-4-5-7-17(15)21-2/h4-9,11,14,20H,3,10,12,19H2,1-2H3. The van der Waals surface area contributed by atoms with Gasteiger partial charge in [-0.1, -0.05) is 24.3 Å². The Morgan fingerprint density at radius 1 is 1.14 bits per heavy atom. The van der Waals surface area contributed by atoms with E-state index in [1.807, 2.05) is 43.3 Å². The summed E-state index contributed by atoms with van der Waals surface area (Å²) in [6.07, 6.45) is 0.761. The van der Waals surface area contributed by atoms with E-state index in [1.165, 1.54) is 0 Å². The second-order valence-electron chi connectivity index (χ2n) is 5.11. The third kappa shape index (κ3) is 3.71. The maximum Gasteiger partial charge on any atom is 0.161 e. The average Bonchev–Trinajstić information content (AvgIpc) is 2.55. The fraction of sp³-hybridized carbons (Fsp3) is 0.333. The molecule has 1 atom stereocenters. The number of nitrogens with two attached hydrogens (primary N) is 1. The molecular weight excluding hydrogens is 278 g/mol. The fourth-order valence-electron chi connectivity index (χ4n) is 2.57. The van der Waals surface area contributed by atoms with Crippen molar-refractivity contribution in [3.05, 3.63) is 53.6 Å². The summed E-state index contributed by atoms with van der Waals surface area (Å²) in [5.74, 6) is 1.67. The molecule has 0 saturated heterocycles. The predicted molar refractivity (Wildman–Crippen MR) is 87.8 cm³/mol. The molecule has 0 aliphatic carbocycles. The summed E-state index contributed by atoms with van der Waals surface area (Å²) in [5, 5.41) is 9.79. The Balaban J connectivity index is 2.25. The predicted octanol–water partition coefficient (Wildman–Crippen LogP) is 3.08. The molecule has 0 fully saturated rings. The van der Waals surface area contributed by atoms with Gasteiger partial charge < -0.3 is 20.3 Å². The molecule has 4 heteroatoms. The maximum atomic E-state index is 9.79. The first kappa shape index (κ1) is 16.2. The lowest BCUT2D eigenvalue weighted by Crippen LogP contribution is -2.16. The van der Waals surface area contributed by atoms with Crippen LogP contribution in [0.15, 0.2) is 42.5 Å². The highest BCUT2D eigenvalue weighted by Crippen LogP contribution is 2.32. The minimum atomic E-state index is 0.148. The van der Waals surface area contributed by atoms with Crippen LogP contribution in [0.2, 0.25) is 0 Å². The van der Waals surface area contributed by atoms with Crippen molar-refractivity contribution in [1.82, 2.24) is 0 Å². The van der Waals surface area contributed by atoms with Crippen LogP contribution in [0.4, 0.5) is 0 Å². The Hall–Kier alpha value is -2.20. The average molecular weight is 301 g/mol. The van der Waals surface area contributed by atoms with Gasteiger partial charge in [-0.2, -0.15) is 0 Å². The third-order valence-corrected chi connectivity index (χ3v) is 3.67. The molecule has 118 valence electrons. The molecule has 4 nitrogen and oxygen atoms in total. The summed E-state index contributed by atoms with van der Waals surface area (Å²) < 4.78 is 10.9. The van der Waals surface area contributed by atoms with Gasteiger partial charge in [-0.15, -0.1) is 0 Å². The van der Waals surface area contributed by atoms with E-state index in [0.717, 1.165) is 23.3 Å². The first-order chi connectivity index (χ1) is 10.7. The number of ether oxygens (including phenoxy) is 2. The fourth-order valence-corrected chi connectivity index (χ4v) is 2.57. The Labute approximate surface area is 131 Å². The van der Waals surface area contributed by atoms with Crippen LogP contribution in [-0.4, -0.2) is 25.4 Å².